The Morgan fingerprint density at radius 3 is 2.52 bits per heavy atom. The fraction of sp³-hybridized carbons (Fsp3) is 0.682. The third-order valence-electron chi connectivity index (χ3n) is 6.68. The Balaban J connectivity index is 1.33. The van der Waals surface area contributed by atoms with E-state index in [-0.39, 0.29) is 29.9 Å². The van der Waals surface area contributed by atoms with E-state index in [1.54, 1.807) is 18.3 Å². The number of nitrogens with one attached hydrogen (secondary N) is 1. The Morgan fingerprint density at radius 2 is 1.83 bits per heavy atom. The maximum atomic E-state index is 12.9. The number of pyridine rings is 1. The fourth-order valence-corrected chi connectivity index (χ4v) is 5.10. The fourth-order valence-electron chi connectivity index (χ4n) is 5.10. The van der Waals surface area contributed by atoms with Crippen molar-refractivity contribution < 1.29 is 14.7 Å². The first kappa shape index (κ1) is 20.3. The zero-order valence-electron chi connectivity index (χ0n) is 17.0. The lowest BCUT2D eigenvalue weighted by Gasteiger charge is -2.39. The van der Waals surface area contributed by atoms with E-state index in [4.69, 9.17) is 0 Å². The zero-order valence-corrected chi connectivity index (χ0v) is 17.0. The lowest BCUT2D eigenvalue weighted by Crippen LogP contribution is -2.53. The topological polar surface area (TPSA) is 85.8 Å². The van der Waals surface area contributed by atoms with Crippen molar-refractivity contribution in [3.63, 3.8) is 0 Å². The van der Waals surface area contributed by atoms with Gasteiger partial charge >= 0.3 is 0 Å². The standard InChI is InChI=1S/C22H32N4O3/c27-18-14-20(21(28)24-16-6-2-1-3-7-16)26(15-18)17-9-12-25(13-10-17)22(29)19-8-4-5-11-23-19/h4-5,8,11,16-18,20,27H,1-3,6-7,9-10,12-15H2,(H,24,28)/t18-,20+/m1/s1. The summed E-state index contributed by atoms with van der Waals surface area (Å²) in [4.78, 5) is 33.8. The Hall–Kier alpha value is -1.99. The van der Waals surface area contributed by atoms with Crippen LogP contribution in [0.1, 0.15) is 61.9 Å². The smallest absolute Gasteiger partial charge is 0.272 e. The predicted molar refractivity (Wildman–Crippen MR) is 109 cm³/mol. The van der Waals surface area contributed by atoms with Gasteiger partial charge in [0.05, 0.1) is 12.1 Å². The van der Waals surface area contributed by atoms with E-state index in [9.17, 15) is 14.7 Å². The van der Waals surface area contributed by atoms with Gasteiger partial charge in [0, 0.05) is 37.9 Å². The molecule has 0 aromatic carbocycles. The van der Waals surface area contributed by atoms with Gasteiger partial charge < -0.3 is 15.3 Å². The molecule has 7 nitrogen and oxygen atoms in total. The van der Waals surface area contributed by atoms with Gasteiger partial charge in [0.15, 0.2) is 0 Å². The Morgan fingerprint density at radius 1 is 1.07 bits per heavy atom. The van der Waals surface area contributed by atoms with E-state index in [2.05, 4.69) is 15.2 Å². The number of aliphatic hydroxyl groups excluding tert-OH is 1. The zero-order chi connectivity index (χ0) is 20.2. The number of aromatic nitrogens is 1. The molecule has 2 amide bonds. The molecule has 2 atom stereocenters. The number of rotatable bonds is 4. The molecule has 3 fully saturated rings. The number of hydrogen-bond acceptors (Lipinski definition) is 5. The quantitative estimate of drug-likeness (QED) is 0.801. The van der Waals surface area contributed by atoms with Gasteiger partial charge in [0.1, 0.15) is 5.69 Å². The summed E-state index contributed by atoms with van der Waals surface area (Å²) in [6.45, 7) is 1.86. The van der Waals surface area contributed by atoms with Gasteiger partial charge in [0.2, 0.25) is 5.91 Å². The molecule has 3 aliphatic rings. The van der Waals surface area contributed by atoms with Crippen molar-refractivity contribution in [3.05, 3.63) is 30.1 Å². The van der Waals surface area contributed by atoms with Crippen molar-refractivity contribution in [2.75, 3.05) is 19.6 Å². The van der Waals surface area contributed by atoms with Crippen LogP contribution in [-0.2, 0) is 4.79 Å². The highest BCUT2D eigenvalue weighted by Gasteiger charge is 2.41. The molecule has 158 valence electrons. The molecule has 0 spiro atoms. The van der Waals surface area contributed by atoms with Gasteiger partial charge in [-0.05, 0) is 44.2 Å². The highest BCUT2D eigenvalue weighted by atomic mass is 16.3. The Bertz CT molecular complexity index is 699. The van der Waals surface area contributed by atoms with Crippen LogP contribution in [0, 0.1) is 0 Å². The third-order valence-corrected chi connectivity index (χ3v) is 6.68. The lowest BCUT2D eigenvalue weighted by atomic mass is 9.95. The minimum Gasteiger partial charge on any atom is -0.392 e. The summed E-state index contributed by atoms with van der Waals surface area (Å²) in [5, 5.41) is 13.5. The first-order valence-electron chi connectivity index (χ1n) is 11.1. The molecule has 1 aromatic rings. The number of carbonyl (C=O) groups is 2. The highest BCUT2D eigenvalue weighted by Crippen LogP contribution is 2.28. The molecular weight excluding hydrogens is 368 g/mol. The van der Waals surface area contributed by atoms with Gasteiger partial charge in [-0.2, -0.15) is 0 Å². The molecule has 2 saturated heterocycles. The molecule has 1 saturated carbocycles. The summed E-state index contributed by atoms with van der Waals surface area (Å²) < 4.78 is 0. The maximum Gasteiger partial charge on any atom is 0.272 e. The van der Waals surface area contributed by atoms with E-state index in [0.717, 1.165) is 25.7 Å². The van der Waals surface area contributed by atoms with Crippen molar-refractivity contribution in [3.8, 4) is 0 Å². The van der Waals surface area contributed by atoms with Gasteiger partial charge in [-0.1, -0.05) is 25.3 Å². The van der Waals surface area contributed by atoms with Crippen LogP contribution in [0.15, 0.2) is 24.4 Å². The summed E-state index contributed by atoms with van der Waals surface area (Å²) in [5.74, 6) is 0.0394. The SMILES string of the molecule is O=C(NC1CCCCC1)[C@@H]1C[C@@H](O)CN1C1CCN(C(=O)c2ccccn2)CC1. The largest absolute Gasteiger partial charge is 0.392 e. The first-order chi connectivity index (χ1) is 14.1. The number of nitrogens with zero attached hydrogens (tertiary/aromatic N) is 3. The number of hydrogen-bond donors (Lipinski definition) is 2. The molecular formula is C22H32N4O3. The van der Waals surface area contributed by atoms with Gasteiger partial charge in [0.25, 0.3) is 5.91 Å². The summed E-state index contributed by atoms with van der Waals surface area (Å²) in [7, 11) is 0. The number of amides is 2. The summed E-state index contributed by atoms with van der Waals surface area (Å²) in [6, 6.07) is 5.64. The Kier molecular flexibility index (Phi) is 6.45. The number of carbonyl (C=O) groups excluding carboxylic acids is 2. The molecule has 0 radical (unpaired) electrons. The van der Waals surface area contributed by atoms with E-state index >= 15 is 0 Å². The van der Waals surface area contributed by atoms with Crippen LogP contribution in [0.25, 0.3) is 0 Å². The van der Waals surface area contributed by atoms with Crippen LogP contribution in [0.5, 0.6) is 0 Å². The highest BCUT2D eigenvalue weighted by molar-refractivity contribution is 5.92. The predicted octanol–water partition coefficient (Wildman–Crippen LogP) is 1.57. The molecule has 3 heterocycles. The van der Waals surface area contributed by atoms with Crippen LogP contribution in [-0.4, -0.2) is 75.6 Å². The van der Waals surface area contributed by atoms with E-state index in [1.165, 1.54) is 19.3 Å². The van der Waals surface area contributed by atoms with Crippen molar-refractivity contribution >= 4 is 11.8 Å². The van der Waals surface area contributed by atoms with Crippen LogP contribution in [0.2, 0.25) is 0 Å². The second kappa shape index (κ2) is 9.22. The number of likely N-dealkylation sites (tertiary alicyclic amines) is 2. The average Bonchev–Trinajstić information content (AvgIpc) is 3.16. The van der Waals surface area contributed by atoms with Crippen LogP contribution in [0.4, 0.5) is 0 Å². The Labute approximate surface area is 172 Å². The normalized spacial score (nSPS) is 27.1. The molecule has 2 N–H and O–H groups in total. The molecule has 7 heteroatoms. The molecule has 2 aliphatic heterocycles. The minimum atomic E-state index is -0.453. The number of β-amino-alcohol motifs (C(OH)–C–C–N with tert-alkyl or cyclic N) is 1. The third kappa shape index (κ3) is 4.78. The monoisotopic (exact) mass is 400 g/mol. The lowest BCUT2D eigenvalue weighted by molar-refractivity contribution is -0.127. The average molecular weight is 401 g/mol. The van der Waals surface area contributed by atoms with E-state index in [0.29, 0.717) is 31.7 Å². The maximum absolute atomic E-state index is 12.9. The van der Waals surface area contributed by atoms with Crippen molar-refractivity contribution in [2.45, 2.75) is 75.6 Å². The molecule has 1 aliphatic carbocycles. The molecule has 1 aromatic heterocycles. The molecule has 29 heavy (non-hydrogen) atoms. The van der Waals surface area contributed by atoms with Gasteiger partial charge in [-0.3, -0.25) is 19.5 Å². The second-order valence-corrected chi connectivity index (χ2v) is 8.68. The van der Waals surface area contributed by atoms with Gasteiger partial charge in [-0.25, -0.2) is 0 Å². The molecule has 0 unspecified atom stereocenters. The van der Waals surface area contributed by atoms with E-state index < -0.39 is 6.10 Å². The number of piperidine rings is 1. The summed E-state index contributed by atoms with van der Waals surface area (Å²) in [5.41, 5.74) is 0.479. The molecule has 4 rings (SSSR count). The van der Waals surface area contributed by atoms with Crippen LogP contribution >= 0.6 is 0 Å². The van der Waals surface area contributed by atoms with Crippen molar-refractivity contribution in [1.82, 2.24) is 20.1 Å². The molecule has 0 bridgehead atoms. The van der Waals surface area contributed by atoms with E-state index in [1.807, 2.05) is 11.0 Å². The summed E-state index contributed by atoms with van der Waals surface area (Å²) in [6.07, 6.45) is 9.09. The minimum absolute atomic E-state index is 0.0305. The van der Waals surface area contributed by atoms with Crippen molar-refractivity contribution in [1.29, 1.82) is 0 Å². The second-order valence-electron chi connectivity index (χ2n) is 8.68. The van der Waals surface area contributed by atoms with Crippen LogP contribution in [0.3, 0.4) is 0 Å². The number of aliphatic hydroxyl groups is 1. The van der Waals surface area contributed by atoms with Crippen molar-refractivity contribution in [2.24, 2.45) is 0 Å². The van der Waals surface area contributed by atoms with Gasteiger partial charge in [-0.15, -0.1) is 0 Å². The first-order valence-corrected chi connectivity index (χ1v) is 11.1. The van der Waals surface area contributed by atoms with Crippen LogP contribution < -0.4 is 5.32 Å². The summed E-state index contributed by atoms with van der Waals surface area (Å²) >= 11 is 0.